The van der Waals surface area contributed by atoms with Crippen LogP contribution in [-0.2, 0) is 0 Å². The first-order valence-electron chi connectivity index (χ1n) is 7.27. The minimum Gasteiger partial charge on any atom is -0.294 e. The van der Waals surface area contributed by atoms with Gasteiger partial charge in [0.05, 0.1) is 5.69 Å². The van der Waals surface area contributed by atoms with Crippen molar-refractivity contribution in [3.63, 3.8) is 0 Å². The van der Waals surface area contributed by atoms with Crippen LogP contribution in [0.4, 0.5) is 0 Å². The number of aryl methyl sites for hydroxylation is 1. The third-order valence-electron chi connectivity index (χ3n) is 3.81. The SMILES string of the molecule is Cc1ccc(-n2c(-c3cccnc3)cc3cccnc32)cc1. The van der Waals surface area contributed by atoms with Crippen molar-refractivity contribution in [2.45, 2.75) is 6.92 Å². The Morgan fingerprint density at radius 1 is 0.909 bits per heavy atom. The van der Waals surface area contributed by atoms with Crippen LogP contribution in [0.1, 0.15) is 5.56 Å². The van der Waals surface area contributed by atoms with E-state index < -0.39 is 0 Å². The van der Waals surface area contributed by atoms with Crippen LogP contribution in [0.15, 0.2) is 73.2 Å². The number of hydrogen-bond donors (Lipinski definition) is 0. The maximum Gasteiger partial charge on any atom is 0.144 e. The fourth-order valence-corrected chi connectivity index (χ4v) is 2.72. The quantitative estimate of drug-likeness (QED) is 0.546. The summed E-state index contributed by atoms with van der Waals surface area (Å²) in [6.45, 7) is 2.10. The average Bonchev–Trinajstić information content (AvgIpc) is 2.96. The third kappa shape index (κ3) is 2.07. The number of rotatable bonds is 2. The molecule has 0 N–H and O–H groups in total. The van der Waals surface area contributed by atoms with Crippen molar-refractivity contribution >= 4 is 11.0 Å². The Labute approximate surface area is 128 Å². The van der Waals surface area contributed by atoms with Gasteiger partial charge in [-0.2, -0.15) is 0 Å². The van der Waals surface area contributed by atoms with Gasteiger partial charge in [-0.05, 0) is 49.4 Å². The van der Waals surface area contributed by atoms with Gasteiger partial charge in [0, 0.05) is 35.2 Å². The van der Waals surface area contributed by atoms with Crippen molar-refractivity contribution in [2.24, 2.45) is 0 Å². The Balaban J connectivity index is 2.04. The molecule has 0 radical (unpaired) electrons. The molecular weight excluding hydrogens is 270 g/mol. The van der Waals surface area contributed by atoms with Crippen LogP contribution in [0.25, 0.3) is 28.0 Å². The topological polar surface area (TPSA) is 30.7 Å². The summed E-state index contributed by atoms with van der Waals surface area (Å²) >= 11 is 0. The number of fused-ring (bicyclic) bond motifs is 1. The van der Waals surface area contributed by atoms with E-state index in [0.717, 1.165) is 28.0 Å². The van der Waals surface area contributed by atoms with Crippen LogP contribution in [0.2, 0.25) is 0 Å². The fraction of sp³-hybridized carbons (Fsp3) is 0.0526. The van der Waals surface area contributed by atoms with E-state index in [1.807, 2.05) is 24.5 Å². The molecule has 3 nitrogen and oxygen atoms in total. The molecule has 0 amide bonds. The molecule has 0 saturated heterocycles. The molecule has 0 fully saturated rings. The molecule has 0 atom stereocenters. The Bertz CT molecular complexity index is 922. The van der Waals surface area contributed by atoms with Crippen molar-refractivity contribution in [1.82, 2.24) is 14.5 Å². The summed E-state index contributed by atoms with van der Waals surface area (Å²) in [5.41, 5.74) is 5.51. The lowest BCUT2D eigenvalue weighted by Crippen LogP contribution is -1.98. The highest BCUT2D eigenvalue weighted by Crippen LogP contribution is 2.30. The van der Waals surface area contributed by atoms with E-state index >= 15 is 0 Å². The molecule has 4 rings (SSSR count). The van der Waals surface area contributed by atoms with Gasteiger partial charge in [-0.3, -0.25) is 9.55 Å². The lowest BCUT2D eigenvalue weighted by Gasteiger charge is -2.10. The van der Waals surface area contributed by atoms with Crippen LogP contribution in [-0.4, -0.2) is 14.5 Å². The van der Waals surface area contributed by atoms with Crippen LogP contribution in [0.5, 0.6) is 0 Å². The van der Waals surface area contributed by atoms with Gasteiger partial charge in [0.2, 0.25) is 0 Å². The normalized spacial score (nSPS) is 11.0. The monoisotopic (exact) mass is 285 g/mol. The molecule has 0 spiro atoms. The first kappa shape index (κ1) is 12.8. The summed E-state index contributed by atoms with van der Waals surface area (Å²) in [6, 6.07) is 18.8. The Hall–Kier alpha value is -2.94. The van der Waals surface area contributed by atoms with Gasteiger partial charge in [0.15, 0.2) is 0 Å². The second-order valence-corrected chi connectivity index (χ2v) is 5.36. The molecule has 22 heavy (non-hydrogen) atoms. The largest absolute Gasteiger partial charge is 0.294 e. The number of hydrogen-bond acceptors (Lipinski definition) is 2. The van der Waals surface area contributed by atoms with E-state index in [4.69, 9.17) is 0 Å². The van der Waals surface area contributed by atoms with Crippen LogP contribution in [0.3, 0.4) is 0 Å². The Kier molecular flexibility index (Phi) is 2.97. The standard InChI is InChI=1S/C19H15N3/c1-14-6-8-17(9-7-14)22-18(16-5-2-10-20-13-16)12-15-4-3-11-21-19(15)22/h2-13H,1H3. The summed E-state index contributed by atoms with van der Waals surface area (Å²) in [4.78, 5) is 8.82. The minimum absolute atomic E-state index is 0.963. The molecule has 0 aliphatic rings. The van der Waals surface area contributed by atoms with Crippen molar-refractivity contribution in [3.8, 4) is 16.9 Å². The predicted octanol–water partition coefficient (Wildman–Crippen LogP) is 4.40. The summed E-state index contributed by atoms with van der Waals surface area (Å²) in [7, 11) is 0. The number of pyridine rings is 2. The zero-order valence-electron chi connectivity index (χ0n) is 12.3. The molecule has 0 unspecified atom stereocenters. The van der Waals surface area contributed by atoms with Gasteiger partial charge in [-0.25, -0.2) is 4.98 Å². The lowest BCUT2D eigenvalue weighted by atomic mass is 10.2. The molecule has 0 aliphatic carbocycles. The zero-order chi connectivity index (χ0) is 14.9. The highest BCUT2D eigenvalue weighted by molar-refractivity contribution is 5.86. The van der Waals surface area contributed by atoms with E-state index in [9.17, 15) is 0 Å². The first-order chi connectivity index (χ1) is 10.8. The smallest absolute Gasteiger partial charge is 0.144 e. The van der Waals surface area contributed by atoms with Gasteiger partial charge < -0.3 is 0 Å². The lowest BCUT2D eigenvalue weighted by molar-refractivity contribution is 1.09. The highest BCUT2D eigenvalue weighted by Gasteiger charge is 2.13. The molecule has 4 aromatic rings. The second-order valence-electron chi connectivity index (χ2n) is 5.36. The van der Waals surface area contributed by atoms with Crippen molar-refractivity contribution in [2.75, 3.05) is 0 Å². The maximum atomic E-state index is 4.57. The van der Waals surface area contributed by atoms with Gasteiger partial charge in [-0.15, -0.1) is 0 Å². The Morgan fingerprint density at radius 3 is 2.50 bits per heavy atom. The number of aromatic nitrogens is 3. The van der Waals surface area contributed by atoms with E-state index in [0.29, 0.717) is 0 Å². The number of benzene rings is 1. The van der Waals surface area contributed by atoms with Crippen LogP contribution in [0, 0.1) is 6.92 Å². The molecule has 1 aromatic carbocycles. The third-order valence-corrected chi connectivity index (χ3v) is 3.81. The predicted molar refractivity (Wildman–Crippen MR) is 89.0 cm³/mol. The molecule has 0 bridgehead atoms. The van der Waals surface area contributed by atoms with Gasteiger partial charge in [-0.1, -0.05) is 17.7 Å². The van der Waals surface area contributed by atoms with E-state index in [2.05, 4.69) is 63.9 Å². The first-order valence-corrected chi connectivity index (χ1v) is 7.27. The molecular formula is C19H15N3. The van der Waals surface area contributed by atoms with Gasteiger partial charge in [0.1, 0.15) is 5.65 Å². The van der Waals surface area contributed by atoms with Crippen molar-refractivity contribution in [3.05, 3.63) is 78.8 Å². The molecule has 3 heterocycles. The van der Waals surface area contributed by atoms with E-state index in [-0.39, 0.29) is 0 Å². The summed E-state index contributed by atoms with van der Waals surface area (Å²) < 4.78 is 2.19. The maximum absolute atomic E-state index is 4.57. The number of nitrogens with zero attached hydrogens (tertiary/aromatic N) is 3. The summed E-state index contributed by atoms with van der Waals surface area (Å²) in [5, 5.41) is 1.13. The van der Waals surface area contributed by atoms with E-state index in [1.165, 1.54) is 5.56 Å². The summed E-state index contributed by atoms with van der Waals surface area (Å²) in [6.07, 6.45) is 5.51. The van der Waals surface area contributed by atoms with Crippen molar-refractivity contribution in [1.29, 1.82) is 0 Å². The van der Waals surface area contributed by atoms with Crippen molar-refractivity contribution < 1.29 is 0 Å². The van der Waals surface area contributed by atoms with Gasteiger partial charge >= 0.3 is 0 Å². The fourth-order valence-electron chi connectivity index (χ4n) is 2.72. The molecule has 106 valence electrons. The Morgan fingerprint density at radius 2 is 1.73 bits per heavy atom. The highest BCUT2D eigenvalue weighted by atomic mass is 15.1. The molecule has 0 saturated carbocycles. The summed E-state index contributed by atoms with van der Waals surface area (Å²) in [5.74, 6) is 0. The average molecular weight is 285 g/mol. The van der Waals surface area contributed by atoms with Gasteiger partial charge in [0.25, 0.3) is 0 Å². The second kappa shape index (κ2) is 5.11. The minimum atomic E-state index is 0.963. The van der Waals surface area contributed by atoms with Crippen LogP contribution >= 0.6 is 0 Å². The van der Waals surface area contributed by atoms with E-state index in [1.54, 1.807) is 6.20 Å². The zero-order valence-corrected chi connectivity index (χ0v) is 12.3. The molecule has 3 aromatic heterocycles. The van der Waals surface area contributed by atoms with Crippen LogP contribution < -0.4 is 0 Å². The molecule has 3 heteroatoms. The molecule has 0 aliphatic heterocycles.